The van der Waals surface area contributed by atoms with E-state index in [1.165, 1.54) is 16.7 Å². The van der Waals surface area contributed by atoms with Crippen molar-refractivity contribution in [2.45, 2.75) is 20.3 Å². The van der Waals surface area contributed by atoms with Crippen LogP contribution in [-0.4, -0.2) is 31.4 Å². The molecule has 0 unspecified atom stereocenters. The lowest BCUT2D eigenvalue weighted by Crippen LogP contribution is -2.40. The van der Waals surface area contributed by atoms with Gasteiger partial charge in [0.05, 0.1) is 13.1 Å². The maximum Gasteiger partial charge on any atom is 0.239 e. The summed E-state index contributed by atoms with van der Waals surface area (Å²) in [5, 5.41) is 5.18. The van der Waals surface area contributed by atoms with E-state index in [0.29, 0.717) is 6.54 Å². The second-order valence-electron chi connectivity index (χ2n) is 4.58. The van der Waals surface area contributed by atoms with E-state index >= 15 is 0 Å². The first-order valence-electron chi connectivity index (χ1n) is 6.32. The van der Waals surface area contributed by atoms with Gasteiger partial charge in [-0.1, -0.05) is 29.3 Å². The monoisotopic (exact) mass is 263 g/mol. The summed E-state index contributed by atoms with van der Waals surface area (Å²) in [6.07, 6.45) is 0.777. The number of hydrogen-bond donors (Lipinski definition) is 3. The maximum absolute atomic E-state index is 11.4. The fourth-order valence-electron chi connectivity index (χ4n) is 1.87. The van der Waals surface area contributed by atoms with E-state index in [0.717, 1.165) is 6.42 Å². The smallest absolute Gasteiger partial charge is 0.239 e. The molecule has 4 N–H and O–H groups in total. The summed E-state index contributed by atoms with van der Waals surface area (Å²) in [6.45, 7) is 4.54. The third-order valence-electron chi connectivity index (χ3n) is 2.65. The average molecular weight is 263 g/mol. The van der Waals surface area contributed by atoms with Gasteiger partial charge in [-0.3, -0.25) is 9.59 Å². The minimum Gasteiger partial charge on any atom is -0.354 e. The summed E-state index contributed by atoms with van der Waals surface area (Å²) >= 11 is 0. The molecule has 5 heteroatoms. The molecule has 0 bridgehead atoms. The Morgan fingerprint density at radius 1 is 1.05 bits per heavy atom. The third kappa shape index (κ3) is 6.01. The summed E-state index contributed by atoms with van der Waals surface area (Å²) in [7, 11) is 0. The second-order valence-corrected chi connectivity index (χ2v) is 4.58. The van der Waals surface area contributed by atoms with E-state index < -0.39 is 0 Å². The van der Waals surface area contributed by atoms with Crippen LogP contribution in [0.15, 0.2) is 18.2 Å². The first-order valence-corrected chi connectivity index (χ1v) is 6.32. The fourth-order valence-corrected chi connectivity index (χ4v) is 1.87. The van der Waals surface area contributed by atoms with Crippen LogP contribution in [0.1, 0.15) is 16.7 Å². The van der Waals surface area contributed by atoms with Crippen molar-refractivity contribution in [1.29, 1.82) is 0 Å². The van der Waals surface area contributed by atoms with Crippen molar-refractivity contribution in [3.05, 3.63) is 34.9 Å². The summed E-state index contributed by atoms with van der Waals surface area (Å²) < 4.78 is 0. The molecule has 1 aromatic carbocycles. The average Bonchev–Trinajstić information content (AvgIpc) is 2.34. The topological polar surface area (TPSA) is 84.2 Å². The SMILES string of the molecule is Cc1cc(C)cc(CCNC(=O)CNC(=O)CN)c1. The van der Waals surface area contributed by atoms with E-state index in [1.54, 1.807) is 0 Å². The van der Waals surface area contributed by atoms with Gasteiger partial charge in [-0.15, -0.1) is 0 Å². The highest BCUT2D eigenvalue weighted by Crippen LogP contribution is 2.08. The highest BCUT2D eigenvalue weighted by molar-refractivity contribution is 5.85. The molecule has 1 rings (SSSR count). The molecular formula is C14H21N3O2. The summed E-state index contributed by atoms with van der Waals surface area (Å²) in [4.78, 5) is 22.3. The van der Waals surface area contributed by atoms with Crippen molar-refractivity contribution in [2.24, 2.45) is 5.73 Å². The van der Waals surface area contributed by atoms with E-state index in [9.17, 15) is 9.59 Å². The number of carbonyl (C=O) groups is 2. The van der Waals surface area contributed by atoms with Crippen molar-refractivity contribution in [3.63, 3.8) is 0 Å². The Morgan fingerprint density at radius 2 is 1.68 bits per heavy atom. The fraction of sp³-hybridized carbons (Fsp3) is 0.429. The molecule has 0 atom stereocenters. The molecule has 1 aromatic rings. The molecule has 0 saturated heterocycles. The van der Waals surface area contributed by atoms with E-state index in [2.05, 4.69) is 42.7 Å². The molecule has 0 radical (unpaired) electrons. The van der Waals surface area contributed by atoms with Gasteiger partial charge in [0.1, 0.15) is 0 Å². The quantitative estimate of drug-likeness (QED) is 0.677. The van der Waals surface area contributed by atoms with Crippen LogP contribution in [0.25, 0.3) is 0 Å². The zero-order valence-corrected chi connectivity index (χ0v) is 11.5. The molecule has 0 heterocycles. The molecule has 104 valence electrons. The Bertz CT molecular complexity index is 438. The lowest BCUT2D eigenvalue weighted by molar-refractivity contribution is -0.125. The van der Waals surface area contributed by atoms with E-state index in [4.69, 9.17) is 5.73 Å². The van der Waals surface area contributed by atoms with Crippen molar-refractivity contribution >= 4 is 11.8 Å². The first kappa shape index (κ1) is 15.2. The number of hydrogen-bond acceptors (Lipinski definition) is 3. The van der Waals surface area contributed by atoms with Gasteiger partial charge >= 0.3 is 0 Å². The van der Waals surface area contributed by atoms with Gasteiger partial charge in [-0.05, 0) is 25.8 Å². The molecule has 2 amide bonds. The molecule has 0 saturated carbocycles. The Hall–Kier alpha value is -1.88. The Morgan fingerprint density at radius 3 is 2.26 bits per heavy atom. The maximum atomic E-state index is 11.4. The van der Waals surface area contributed by atoms with Crippen molar-refractivity contribution in [3.8, 4) is 0 Å². The predicted molar refractivity (Wildman–Crippen MR) is 74.7 cm³/mol. The molecule has 19 heavy (non-hydrogen) atoms. The molecular weight excluding hydrogens is 242 g/mol. The zero-order chi connectivity index (χ0) is 14.3. The van der Waals surface area contributed by atoms with Crippen LogP contribution in [0, 0.1) is 13.8 Å². The Labute approximate surface area is 113 Å². The number of nitrogens with one attached hydrogen (secondary N) is 2. The minimum absolute atomic E-state index is 0.0249. The number of carbonyl (C=O) groups excluding carboxylic acids is 2. The number of benzene rings is 1. The molecule has 0 fully saturated rings. The summed E-state index contributed by atoms with van der Waals surface area (Å²) in [5.74, 6) is -0.532. The van der Waals surface area contributed by atoms with Crippen molar-refractivity contribution < 1.29 is 9.59 Å². The van der Waals surface area contributed by atoms with Gasteiger partial charge in [0.2, 0.25) is 11.8 Å². The molecule has 0 aliphatic carbocycles. The highest BCUT2D eigenvalue weighted by atomic mass is 16.2. The van der Waals surface area contributed by atoms with Crippen molar-refractivity contribution in [1.82, 2.24) is 10.6 Å². The van der Waals surface area contributed by atoms with Crippen LogP contribution in [0.4, 0.5) is 0 Å². The second kappa shape index (κ2) is 7.53. The number of amides is 2. The van der Waals surface area contributed by atoms with Gasteiger partial charge in [0, 0.05) is 6.54 Å². The van der Waals surface area contributed by atoms with Crippen LogP contribution in [0.5, 0.6) is 0 Å². The number of aryl methyl sites for hydroxylation is 2. The standard InChI is InChI=1S/C14H21N3O2/c1-10-5-11(2)7-12(6-10)3-4-16-14(19)9-17-13(18)8-15/h5-7H,3-4,8-9,15H2,1-2H3,(H,16,19)(H,17,18). The van der Waals surface area contributed by atoms with Crippen LogP contribution >= 0.6 is 0 Å². The van der Waals surface area contributed by atoms with Gasteiger partial charge in [-0.2, -0.15) is 0 Å². The number of nitrogens with two attached hydrogens (primary N) is 1. The van der Waals surface area contributed by atoms with E-state index in [-0.39, 0.29) is 24.9 Å². The van der Waals surface area contributed by atoms with Crippen LogP contribution < -0.4 is 16.4 Å². The van der Waals surface area contributed by atoms with Crippen molar-refractivity contribution in [2.75, 3.05) is 19.6 Å². The number of rotatable bonds is 6. The predicted octanol–water partition coefficient (Wildman–Crippen LogP) is 0.0370. The zero-order valence-electron chi connectivity index (χ0n) is 11.5. The highest BCUT2D eigenvalue weighted by Gasteiger charge is 2.03. The lowest BCUT2D eigenvalue weighted by atomic mass is 10.1. The molecule has 0 spiro atoms. The lowest BCUT2D eigenvalue weighted by Gasteiger charge is -2.07. The van der Waals surface area contributed by atoms with E-state index in [1.807, 2.05) is 0 Å². The molecule has 0 aromatic heterocycles. The summed E-state index contributed by atoms with van der Waals surface area (Å²) in [6, 6.07) is 6.33. The molecule has 5 nitrogen and oxygen atoms in total. The Kier molecular flexibility index (Phi) is 6.02. The van der Waals surface area contributed by atoms with Crippen LogP contribution in [0.2, 0.25) is 0 Å². The van der Waals surface area contributed by atoms with Crippen LogP contribution in [-0.2, 0) is 16.0 Å². The van der Waals surface area contributed by atoms with Gasteiger partial charge in [0.25, 0.3) is 0 Å². The minimum atomic E-state index is -0.329. The normalized spacial score (nSPS) is 10.1. The largest absolute Gasteiger partial charge is 0.354 e. The third-order valence-corrected chi connectivity index (χ3v) is 2.65. The molecule has 0 aliphatic heterocycles. The van der Waals surface area contributed by atoms with Gasteiger partial charge < -0.3 is 16.4 Å². The van der Waals surface area contributed by atoms with Gasteiger partial charge in [0.15, 0.2) is 0 Å². The van der Waals surface area contributed by atoms with Gasteiger partial charge in [-0.25, -0.2) is 0 Å². The van der Waals surface area contributed by atoms with Crippen LogP contribution in [0.3, 0.4) is 0 Å². The molecule has 0 aliphatic rings. The summed E-state index contributed by atoms with van der Waals surface area (Å²) in [5.41, 5.74) is 8.75. The first-order chi connectivity index (χ1) is 9.01. The Balaban J connectivity index is 2.29.